The van der Waals surface area contributed by atoms with Gasteiger partial charge in [0.2, 0.25) is 0 Å². The Morgan fingerprint density at radius 3 is 2.84 bits per heavy atom. The molecule has 0 fully saturated rings. The minimum Gasteiger partial charge on any atom is -0.464 e. The first-order valence-corrected chi connectivity index (χ1v) is 6.70. The van der Waals surface area contributed by atoms with Gasteiger partial charge >= 0.3 is 0 Å². The largest absolute Gasteiger partial charge is 0.464 e. The standard InChI is InChI=1S/C13H16N4OS/c1-4-10-11-12(16(3)15-10)17(13(19)14-11)7-9-6-5-8(2)18-9/h5-6H,4,7H2,1-3H3,(H,14,19). The number of fused-ring (bicyclic) bond motifs is 1. The lowest BCUT2D eigenvalue weighted by Gasteiger charge is -2.02. The van der Waals surface area contributed by atoms with Crippen molar-refractivity contribution in [2.75, 3.05) is 0 Å². The third kappa shape index (κ3) is 1.92. The van der Waals surface area contributed by atoms with Crippen molar-refractivity contribution in [2.45, 2.75) is 26.8 Å². The molecule has 0 aliphatic carbocycles. The smallest absolute Gasteiger partial charge is 0.179 e. The van der Waals surface area contributed by atoms with Crippen LogP contribution in [0.2, 0.25) is 0 Å². The highest BCUT2D eigenvalue weighted by atomic mass is 32.1. The fourth-order valence-corrected chi connectivity index (χ4v) is 2.65. The number of aryl methyl sites for hydroxylation is 3. The predicted molar refractivity (Wildman–Crippen MR) is 75.8 cm³/mol. The van der Waals surface area contributed by atoms with Crippen LogP contribution in [-0.2, 0) is 20.0 Å². The number of hydrogen-bond donors (Lipinski definition) is 1. The van der Waals surface area contributed by atoms with Crippen molar-refractivity contribution >= 4 is 23.4 Å². The van der Waals surface area contributed by atoms with Gasteiger partial charge in [0.1, 0.15) is 17.0 Å². The van der Waals surface area contributed by atoms with E-state index in [0.717, 1.165) is 34.8 Å². The average Bonchev–Trinajstić information content (AvgIpc) is 3.00. The second-order valence-electron chi connectivity index (χ2n) is 4.65. The van der Waals surface area contributed by atoms with Crippen LogP contribution in [0.4, 0.5) is 0 Å². The Hall–Kier alpha value is -1.82. The van der Waals surface area contributed by atoms with E-state index in [1.807, 2.05) is 35.4 Å². The SMILES string of the molecule is CCc1nn(C)c2c1[nH]c(=S)n2Cc1ccc(C)o1. The van der Waals surface area contributed by atoms with Crippen LogP contribution in [-0.4, -0.2) is 19.3 Å². The topological polar surface area (TPSA) is 51.7 Å². The van der Waals surface area contributed by atoms with Gasteiger partial charge in [0.25, 0.3) is 0 Å². The fraction of sp³-hybridized carbons (Fsp3) is 0.385. The van der Waals surface area contributed by atoms with Crippen molar-refractivity contribution in [2.24, 2.45) is 7.05 Å². The first kappa shape index (κ1) is 12.2. The first-order chi connectivity index (χ1) is 9.10. The summed E-state index contributed by atoms with van der Waals surface area (Å²) in [5, 5.41) is 4.50. The molecule has 0 amide bonds. The summed E-state index contributed by atoms with van der Waals surface area (Å²) in [6.07, 6.45) is 0.881. The third-order valence-electron chi connectivity index (χ3n) is 3.27. The van der Waals surface area contributed by atoms with Crippen molar-refractivity contribution < 1.29 is 4.42 Å². The molecule has 3 heterocycles. The van der Waals surface area contributed by atoms with E-state index in [4.69, 9.17) is 16.6 Å². The van der Waals surface area contributed by atoms with E-state index >= 15 is 0 Å². The normalized spacial score (nSPS) is 11.5. The van der Waals surface area contributed by atoms with Crippen LogP contribution in [0.5, 0.6) is 0 Å². The Bertz CT molecular complexity index is 789. The molecule has 0 aromatic carbocycles. The number of aromatic amines is 1. The molecule has 0 radical (unpaired) electrons. The number of nitrogens with one attached hydrogen (secondary N) is 1. The van der Waals surface area contributed by atoms with Gasteiger partial charge in [0.15, 0.2) is 10.4 Å². The molecule has 3 rings (SSSR count). The van der Waals surface area contributed by atoms with Crippen molar-refractivity contribution in [1.82, 2.24) is 19.3 Å². The molecule has 19 heavy (non-hydrogen) atoms. The highest BCUT2D eigenvalue weighted by Crippen LogP contribution is 2.20. The third-order valence-corrected chi connectivity index (χ3v) is 3.59. The Kier molecular flexibility index (Phi) is 2.82. The van der Waals surface area contributed by atoms with E-state index in [0.29, 0.717) is 11.3 Å². The Balaban J connectivity index is 2.15. The molecule has 0 saturated carbocycles. The molecular formula is C13H16N4OS. The summed E-state index contributed by atoms with van der Waals surface area (Å²) in [5.74, 6) is 1.81. The van der Waals surface area contributed by atoms with Crippen LogP contribution >= 0.6 is 12.2 Å². The molecule has 0 aliphatic rings. The Morgan fingerprint density at radius 1 is 1.42 bits per heavy atom. The van der Waals surface area contributed by atoms with Gasteiger partial charge in [-0.15, -0.1) is 0 Å². The lowest BCUT2D eigenvalue weighted by Crippen LogP contribution is -2.03. The van der Waals surface area contributed by atoms with E-state index in [1.165, 1.54) is 0 Å². The maximum absolute atomic E-state index is 5.62. The summed E-state index contributed by atoms with van der Waals surface area (Å²) in [7, 11) is 1.94. The van der Waals surface area contributed by atoms with E-state index in [1.54, 1.807) is 0 Å². The monoisotopic (exact) mass is 276 g/mol. The van der Waals surface area contributed by atoms with Gasteiger partial charge in [0.05, 0.1) is 12.2 Å². The zero-order valence-corrected chi connectivity index (χ0v) is 12.0. The lowest BCUT2D eigenvalue weighted by molar-refractivity contribution is 0.469. The molecule has 0 saturated heterocycles. The summed E-state index contributed by atoms with van der Waals surface area (Å²) in [4.78, 5) is 3.25. The number of nitrogens with zero attached hydrogens (tertiary/aromatic N) is 3. The molecule has 5 nitrogen and oxygen atoms in total. The molecule has 0 spiro atoms. The minimum atomic E-state index is 0.620. The van der Waals surface area contributed by atoms with Crippen LogP contribution in [0.1, 0.15) is 24.1 Å². The number of furan rings is 1. The zero-order chi connectivity index (χ0) is 13.6. The second-order valence-corrected chi connectivity index (χ2v) is 5.04. The number of imidazole rings is 1. The number of H-pyrrole nitrogens is 1. The van der Waals surface area contributed by atoms with Crippen molar-refractivity contribution in [3.05, 3.63) is 34.1 Å². The quantitative estimate of drug-likeness (QED) is 0.748. The van der Waals surface area contributed by atoms with E-state index in [2.05, 4.69) is 17.0 Å². The summed E-state index contributed by atoms with van der Waals surface area (Å²) in [6, 6.07) is 3.94. The van der Waals surface area contributed by atoms with Crippen LogP contribution in [0.25, 0.3) is 11.2 Å². The highest BCUT2D eigenvalue weighted by molar-refractivity contribution is 7.71. The van der Waals surface area contributed by atoms with E-state index < -0.39 is 0 Å². The molecule has 0 atom stereocenters. The summed E-state index contributed by atoms with van der Waals surface area (Å²) in [6.45, 7) is 4.65. The molecule has 0 unspecified atom stereocenters. The second kappa shape index (κ2) is 4.38. The van der Waals surface area contributed by atoms with Gasteiger partial charge in [-0.05, 0) is 37.7 Å². The van der Waals surface area contributed by atoms with Crippen LogP contribution in [0.15, 0.2) is 16.5 Å². The molecule has 6 heteroatoms. The van der Waals surface area contributed by atoms with Crippen molar-refractivity contribution in [3.63, 3.8) is 0 Å². The van der Waals surface area contributed by atoms with Crippen molar-refractivity contribution in [1.29, 1.82) is 0 Å². The lowest BCUT2D eigenvalue weighted by atomic mass is 10.3. The van der Waals surface area contributed by atoms with Gasteiger partial charge < -0.3 is 9.40 Å². The number of rotatable bonds is 3. The van der Waals surface area contributed by atoms with Crippen LogP contribution in [0, 0.1) is 11.7 Å². The van der Waals surface area contributed by atoms with Gasteiger partial charge in [-0.1, -0.05) is 6.92 Å². The Morgan fingerprint density at radius 2 is 2.21 bits per heavy atom. The summed E-state index contributed by atoms with van der Waals surface area (Å²) >= 11 is 5.40. The fourth-order valence-electron chi connectivity index (χ4n) is 2.40. The van der Waals surface area contributed by atoms with Gasteiger partial charge in [0, 0.05) is 7.05 Å². The average molecular weight is 276 g/mol. The van der Waals surface area contributed by atoms with Gasteiger partial charge in [-0.3, -0.25) is 9.25 Å². The highest BCUT2D eigenvalue weighted by Gasteiger charge is 2.15. The zero-order valence-electron chi connectivity index (χ0n) is 11.2. The molecule has 100 valence electrons. The predicted octanol–water partition coefficient (Wildman–Crippen LogP) is 2.94. The number of aromatic nitrogens is 4. The molecular weight excluding hydrogens is 260 g/mol. The Labute approximate surface area is 115 Å². The van der Waals surface area contributed by atoms with Crippen molar-refractivity contribution in [3.8, 4) is 0 Å². The van der Waals surface area contributed by atoms with Crippen LogP contribution < -0.4 is 0 Å². The molecule has 3 aromatic heterocycles. The molecule has 3 aromatic rings. The molecule has 1 N–H and O–H groups in total. The molecule has 0 bridgehead atoms. The van der Waals surface area contributed by atoms with E-state index in [9.17, 15) is 0 Å². The van der Waals surface area contributed by atoms with Gasteiger partial charge in [-0.25, -0.2) is 0 Å². The molecule has 0 aliphatic heterocycles. The summed E-state index contributed by atoms with van der Waals surface area (Å²) in [5.41, 5.74) is 3.08. The maximum atomic E-state index is 5.62. The minimum absolute atomic E-state index is 0.620. The van der Waals surface area contributed by atoms with E-state index in [-0.39, 0.29) is 0 Å². The number of hydrogen-bond acceptors (Lipinski definition) is 3. The van der Waals surface area contributed by atoms with Gasteiger partial charge in [-0.2, -0.15) is 5.10 Å². The summed E-state index contributed by atoms with van der Waals surface area (Å²) < 4.78 is 10.2. The first-order valence-electron chi connectivity index (χ1n) is 6.30. The maximum Gasteiger partial charge on any atom is 0.179 e. The van der Waals surface area contributed by atoms with Crippen LogP contribution in [0.3, 0.4) is 0 Å².